The minimum absolute atomic E-state index is 0.254. The van der Waals surface area contributed by atoms with Crippen LogP contribution < -0.4 is 16.4 Å². The molecule has 0 saturated heterocycles. The van der Waals surface area contributed by atoms with Crippen LogP contribution in [-0.4, -0.2) is 29.5 Å². The molecular formula is C25H22N4O4S. The summed E-state index contributed by atoms with van der Waals surface area (Å²) in [6.07, 6.45) is 0. The zero-order valence-electron chi connectivity index (χ0n) is 18.3. The van der Waals surface area contributed by atoms with Crippen LogP contribution in [0.2, 0.25) is 0 Å². The van der Waals surface area contributed by atoms with Crippen LogP contribution in [0.4, 0.5) is 10.5 Å². The number of rotatable bonds is 7. The van der Waals surface area contributed by atoms with E-state index in [-0.39, 0.29) is 6.54 Å². The molecule has 0 aliphatic rings. The second-order valence-corrected chi connectivity index (χ2v) is 8.64. The van der Waals surface area contributed by atoms with Crippen molar-refractivity contribution in [3.63, 3.8) is 0 Å². The largest absolute Gasteiger partial charge is 0.452 e. The van der Waals surface area contributed by atoms with Crippen molar-refractivity contribution in [1.29, 1.82) is 0 Å². The summed E-state index contributed by atoms with van der Waals surface area (Å²) in [5.74, 6) is -1.06. The zero-order valence-corrected chi connectivity index (χ0v) is 19.1. The van der Waals surface area contributed by atoms with Crippen molar-refractivity contribution in [1.82, 2.24) is 10.3 Å². The van der Waals surface area contributed by atoms with E-state index in [9.17, 15) is 14.4 Å². The fourth-order valence-electron chi connectivity index (χ4n) is 3.21. The Hall–Kier alpha value is -4.24. The number of ether oxygens (including phenoxy) is 1. The quantitative estimate of drug-likeness (QED) is 0.346. The number of carbonyl (C=O) groups excluding carboxylic acids is 3. The molecule has 0 aliphatic carbocycles. The molecule has 0 atom stereocenters. The number of nitrogens with two attached hydrogens (primary N) is 1. The van der Waals surface area contributed by atoms with Crippen LogP contribution in [0.25, 0.3) is 20.8 Å². The van der Waals surface area contributed by atoms with E-state index < -0.39 is 24.5 Å². The molecule has 1 aromatic heterocycles. The predicted octanol–water partition coefficient (Wildman–Crippen LogP) is 4.24. The van der Waals surface area contributed by atoms with Gasteiger partial charge in [0.2, 0.25) is 0 Å². The standard InChI is InChI=1S/C25H22N4O4S/c1-15-2-11-20-21(12-15)34-23(29-20)17-7-9-19(10-8-17)28-22(30)14-33-24(31)18-5-3-16(4-6-18)13-27-25(26)32/h2-12H,13-14H2,1H3,(H,28,30)(H3,26,27,32). The monoisotopic (exact) mass is 474 g/mol. The van der Waals surface area contributed by atoms with Crippen LogP contribution in [0.5, 0.6) is 0 Å². The number of hydrogen-bond donors (Lipinski definition) is 3. The first-order valence-corrected chi connectivity index (χ1v) is 11.3. The maximum Gasteiger partial charge on any atom is 0.338 e. The molecule has 4 N–H and O–H groups in total. The second-order valence-electron chi connectivity index (χ2n) is 7.61. The minimum Gasteiger partial charge on any atom is -0.452 e. The van der Waals surface area contributed by atoms with Crippen molar-refractivity contribution >= 4 is 45.1 Å². The van der Waals surface area contributed by atoms with Gasteiger partial charge in [-0.05, 0) is 66.6 Å². The number of fused-ring (bicyclic) bond motifs is 1. The Bertz CT molecular complexity index is 1350. The molecular weight excluding hydrogens is 452 g/mol. The summed E-state index contributed by atoms with van der Waals surface area (Å²) in [5.41, 5.74) is 9.80. The molecule has 9 heteroatoms. The number of esters is 1. The highest BCUT2D eigenvalue weighted by Gasteiger charge is 2.11. The van der Waals surface area contributed by atoms with Crippen molar-refractivity contribution in [2.24, 2.45) is 5.73 Å². The van der Waals surface area contributed by atoms with Crippen LogP contribution >= 0.6 is 11.3 Å². The van der Waals surface area contributed by atoms with Crippen LogP contribution in [-0.2, 0) is 16.1 Å². The summed E-state index contributed by atoms with van der Waals surface area (Å²) in [4.78, 5) is 39.8. The Morgan fingerprint density at radius 3 is 2.44 bits per heavy atom. The molecule has 0 unspecified atom stereocenters. The molecule has 172 valence electrons. The Morgan fingerprint density at radius 2 is 1.74 bits per heavy atom. The van der Waals surface area contributed by atoms with Gasteiger partial charge in [-0.3, -0.25) is 4.79 Å². The molecule has 3 amide bonds. The van der Waals surface area contributed by atoms with Crippen LogP contribution in [0.1, 0.15) is 21.5 Å². The highest BCUT2D eigenvalue weighted by atomic mass is 32.1. The van der Waals surface area contributed by atoms with Gasteiger partial charge in [-0.15, -0.1) is 11.3 Å². The van der Waals surface area contributed by atoms with Crippen molar-refractivity contribution in [2.45, 2.75) is 13.5 Å². The molecule has 0 saturated carbocycles. The Balaban J connectivity index is 1.29. The van der Waals surface area contributed by atoms with Gasteiger partial charge in [0.25, 0.3) is 5.91 Å². The zero-order chi connectivity index (χ0) is 24.1. The van der Waals surface area contributed by atoms with Gasteiger partial charge in [0, 0.05) is 17.8 Å². The van der Waals surface area contributed by atoms with Crippen molar-refractivity contribution in [3.05, 3.63) is 83.4 Å². The van der Waals surface area contributed by atoms with Gasteiger partial charge >= 0.3 is 12.0 Å². The minimum atomic E-state index is -0.629. The number of nitrogens with one attached hydrogen (secondary N) is 2. The smallest absolute Gasteiger partial charge is 0.338 e. The number of urea groups is 1. The lowest BCUT2D eigenvalue weighted by Crippen LogP contribution is -2.28. The van der Waals surface area contributed by atoms with E-state index in [1.54, 1.807) is 47.7 Å². The molecule has 8 nitrogen and oxygen atoms in total. The Kier molecular flexibility index (Phi) is 6.84. The molecule has 0 spiro atoms. The molecule has 34 heavy (non-hydrogen) atoms. The number of carbonyl (C=O) groups is 3. The molecule has 0 aliphatic heterocycles. The highest BCUT2D eigenvalue weighted by molar-refractivity contribution is 7.21. The van der Waals surface area contributed by atoms with Gasteiger partial charge in [-0.25, -0.2) is 14.6 Å². The van der Waals surface area contributed by atoms with E-state index >= 15 is 0 Å². The van der Waals surface area contributed by atoms with Crippen molar-refractivity contribution < 1.29 is 19.1 Å². The van der Waals surface area contributed by atoms with Gasteiger partial charge in [-0.1, -0.05) is 18.2 Å². The molecule has 3 aromatic carbocycles. The maximum atomic E-state index is 12.2. The number of benzene rings is 3. The number of aromatic nitrogens is 1. The highest BCUT2D eigenvalue weighted by Crippen LogP contribution is 2.31. The Morgan fingerprint density at radius 1 is 1.00 bits per heavy atom. The van der Waals surface area contributed by atoms with E-state index in [4.69, 9.17) is 10.5 Å². The van der Waals surface area contributed by atoms with Crippen LogP contribution in [0.15, 0.2) is 66.7 Å². The summed E-state index contributed by atoms with van der Waals surface area (Å²) >= 11 is 1.62. The van der Waals surface area contributed by atoms with Gasteiger partial charge in [0.05, 0.1) is 15.8 Å². The average molecular weight is 475 g/mol. The lowest BCUT2D eigenvalue weighted by Gasteiger charge is -2.08. The SMILES string of the molecule is Cc1ccc2nc(-c3ccc(NC(=O)COC(=O)c4ccc(CNC(N)=O)cc4)cc3)sc2c1. The molecule has 0 radical (unpaired) electrons. The number of amides is 3. The third-order valence-electron chi connectivity index (χ3n) is 4.95. The number of thiazole rings is 1. The van der Waals surface area contributed by atoms with Crippen molar-refractivity contribution in [2.75, 3.05) is 11.9 Å². The second kappa shape index (κ2) is 10.1. The summed E-state index contributed by atoms with van der Waals surface area (Å²) in [7, 11) is 0. The first-order valence-electron chi connectivity index (χ1n) is 10.4. The first-order chi connectivity index (χ1) is 16.4. The molecule has 1 heterocycles. The lowest BCUT2D eigenvalue weighted by atomic mass is 10.1. The molecule has 0 fully saturated rings. The molecule has 0 bridgehead atoms. The molecule has 4 rings (SSSR count). The number of anilines is 1. The summed E-state index contributed by atoms with van der Waals surface area (Å²) in [5, 5.41) is 6.08. The van der Waals surface area contributed by atoms with Gasteiger partial charge < -0.3 is 21.1 Å². The first kappa shape index (κ1) is 22.9. The summed E-state index contributed by atoms with van der Waals surface area (Å²) < 4.78 is 6.22. The Labute approximate surface area is 199 Å². The fourth-order valence-corrected chi connectivity index (χ4v) is 4.28. The van der Waals surface area contributed by atoms with Crippen LogP contribution in [0, 0.1) is 6.92 Å². The molecule has 4 aromatic rings. The van der Waals surface area contributed by atoms with E-state index in [0.717, 1.165) is 26.4 Å². The number of nitrogens with zero attached hydrogens (tertiary/aromatic N) is 1. The van der Waals surface area contributed by atoms with Gasteiger partial charge in [-0.2, -0.15) is 0 Å². The lowest BCUT2D eigenvalue weighted by molar-refractivity contribution is -0.119. The third-order valence-corrected chi connectivity index (χ3v) is 6.02. The van der Waals surface area contributed by atoms with E-state index in [0.29, 0.717) is 11.3 Å². The summed E-state index contributed by atoms with van der Waals surface area (Å²) in [6.45, 7) is 1.89. The van der Waals surface area contributed by atoms with E-state index in [1.165, 1.54) is 5.56 Å². The predicted molar refractivity (Wildman–Crippen MR) is 132 cm³/mol. The number of aryl methyl sites for hydroxylation is 1. The van der Waals surface area contributed by atoms with Crippen molar-refractivity contribution in [3.8, 4) is 10.6 Å². The topological polar surface area (TPSA) is 123 Å². The van der Waals surface area contributed by atoms with E-state index in [1.807, 2.05) is 24.3 Å². The maximum absolute atomic E-state index is 12.2. The van der Waals surface area contributed by atoms with Gasteiger partial charge in [0.15, 0.2) is 6.61 Å². The normalized spacial score (nSPS) is 10.6. The fraction of sp³-hybridized carbons (Fsp3) is 0.120. The van der Waals surface area contributed by atoms with Crippen LogP contribution in [0.3, 0.4) is 0 Å². The number of primary amides is 1. The van der Waals surface area contributed by atoms with E-state index in [2.05, 4.69) is 28.6 Å². The van der Waals surface area contributed by atoms with Gasteiger partial charge in [0.1, 0.15) is 5.01 Å². The third kappa shape index (κ3) is 5.76. The summed E-state index contributed by atoms with van der Waals surface area (Å²) in [6, 6.07) is 19.3. The number of hydrogen-bond acceptors (Lipinski definition) is 6. The average Bonchev–Trinajstić information content (AvgIpc) is 3.25.